The number of carbonyl (C=O) groups is 3. The van der Waals surface area contributed by atoms with E-state index in [1.54, 1.807) is 24.3 Å². The number of nitrogens with one attached hydrogen (secondary N) is 2. The summed E-state index contributed by atoms with van der Waals surface area (Å²) in [6.07, 6.45) is 1.82. The molecule has 0 bridgehead atoms. The number of hydrogen-bond donors (Lipinski definition) is 2. The van der Waals surface area contributed by atoms with Crippen molar-refractivity contribution in [2.75, 3.05) is 4.90 Å². The molecule has 6 nitrogen and oxygen atoms in total. The van der Waals surface area contributed by atoms with E-state index < -0.39 is 17.9 Å². The van der Waals surface area contributed by atoms with Gasteiger partial charge in [0, 0.05) is 22.8 Å². The molecular weight excluding hydrogens is 330 g/mol. The zero-order valence-electron chi connectivity index (χ0n) is 13.5. The predicted octanol–water partition coefficient (Wildman–Crippen LogP) is 2.69. The minimum absolute atomic E-state index is 0.0960. The van der Waals surface area contributed by atoms with Gasteiger partial charge in [0.15, 0.2) is 0 Å². The molecule has 2 N–H and O–H groups in total. The smallest absolute Gasteiger partial charge is 0.249 e. The molecule has 0 spiro atoms. The van der Waals surface area contributed by atoms with E-state index in [0.717, 1.165) is 6.42 Å². The zero-order valence-corrected chi connectivity index (χ0v) is 14.2. The van der Waals surface area contributed by atoms with Crippen LogP contribution in [-0.2, 0) is 14.4 Å². The molecule has 24 heavy (non-hydrogen) atoms. The van der Waals surface area contributed by atoms with Crippen molar-refractivity contribution in [3.05, 3.63) is 29.3 Å². The lowest BCUT2D eigenvalue weighted by Crippen LogP contribution is -2.47. The summed E-state index contributed by atoms with van der Waals surface area (Å²) < 4.78 is 0. The first kappa shape index (κ1) is 18.1. The van der Waals surface area contributed by atoms with Crippen molar-refractivity contribution in [1.29, 1.82) is 5.41 Å². The summed E-state index contributed by atoms with van der Waals surface area (Å²) in [4.78, 5) is 37.8. The summed E-state index contributed by atoms with van der Waals surface area (Å²) in [7, 11) is 0. The highest BCUT2D eigenvalue weighted by Crippen LogP contribution is 2.27. The molecule has 0 saturated carbocycles. The highest BCUT2D eigenvalue weighted by Gasteiger charge is 2.37. The maximum atomic E-state index is 12.4. The van der Waals surface area contributed by atoms with Gasteiger partial charge in [-0.25, -0.2) is 0 Å². The minimum atomic E-state index is -0.719. The van der Waals surface area contributed by atoms with Crippen LogP contribution in [0.15, 0.2) is 24.3 Å². The largest absolute Gasteiger partial charge is 0.309 e. The number of amides is 3. The van der Waals surface area contributed by atoms with Crippen molar-refractivity contribution in [2.45, 2.75) is 45.1 Å². The summed E-state index contributed by atoms with van der Waals surface area (Å²) in [5.74, 6) is -1.18. The van der Waals surface area contributed by atoms with Crippen LogP contribution < -0.4 is 10.2 Å². The number of hydrogen-bond acceptors (Lipinski definition) is 4. The summed E-state index contributed by atoms with van der Waals surface area (Å²) in [6.45, 7) is 1.92. The second-order valence-corrected chi connectivity index (χ2v) is 6.17. The van der Waals surface area contributed by atoms with E-state index in [4.69, 9.17) is 17.0 Å². The molecule has 3 amide bonds. The molecule has 1 unspecified atom stereocenters. The summed E-state index contributed by atoms with van der Waals surface area (Å²) in [5, 5.41) is 10.5. The first-order valence-corrected chi connectivity index (χ1v) is 8.27. The van der Waals surface area contributed by atoms with Crippen molar-refractivity contribution in [2.24, 2.45) is 0 Å². The van der Waals surface area contributed by atoms with Crippen LogP contribution in [0.5, 0.6) is 0 Å². The van der Waals surface area contributed by atoms with Gasteiger partial charge in [-0.3, -0.25) is 24.6 Å². The maximum absolute atomic E-state index is 12.4. The van der Waals surface area contributed by atoms with E-state index in [2.05, 4.69) is 5.32 Å². The van der Waals surface area contributed by atoms with Gasteiger partial charge in [0.05, 0.1) is 6.42 Å². The number of halogens is 1. The average Bonchev–Trinajstić information content (AvgIpc) is 2.90. The van der Waals surface area contributed by atoms with Gasteiger partial charge in [-0.2, -0.15) is 0 Å². The molecule has 1 heterocycles. The fourth-order valence-electron chi connectivity index (χ4n) is 2.71. The second-order valence-electron chi connectivity index (χ2n) is 5.74. The monoisotopic (exact) mass is 349 g/mol. The first-order chi connectivity index (χ1) is 11.4. The molecule has 128 valence electrons. The number of nitrogens with zero attached hydrogens (tertiary/aromatic N) is 1. The molecule has 0 aliphatic carbocycles. The minimum Gasteiger partial charge on any atom is -0.309 e. The summed E-state index contributed by atoms with van der Waals surface area (Å²) in [6, 6.07) is 5.92. The molecule has 0 aromatic heterocycles. The molecule has 1 saturated heterocycles. The molecule has 0 radical (unpaired) electrons. The third-order valence-corrected chi connectivity index (χ3v) is 4.06. The SMILES string of the molecule is CCCC(=N)CC(=O)NC(=O)C1CCC(=O)N1c1ccc(Cl)cc1. The van der Waals surface area contributed by atoms with Crippen LogP contribution in [-0.4, -0.2) is 29.5 Å². The van der Waals surface area contributed by atoms with E-state index in [9.17, 15) is 14.4 Å². The topological polar surface area (TPSA) is 90.3 Å². The van der Waals surface area contributed by atoms with Crippen molar-refractivity contribution in [1.82, 2.24) is 5.32 Å². The molecule has 7 heteroatoms. The van der Waals surface area contributed by atoms with Gasteiger partial charge in [-0.05, 0) is 37.1 Å². The van der Waals surface area contributed by atoms with Crippen molar-refractivity contribution in [3.8, 4) is 0 Å². The molecule has 1 aromatic carbocycles. The van der Waals surface area contributed by atoms with E-state index >= 15 is 0 Å². The number of imide groups is 1. The molecule has 2 rings (SSSR count). The van der Waals surface area contributed by atoms with E-state index in [0.29, 0.717) is 29.3 Å². The fourth-order valence-corrected chi connectivity index (χ4v) is 2.83. The standard InChI is InChI=1S/C17H20ClN3O3/c1-2-3-12(19)10-15(22)20-17(24)14-8-9-16(23)21(14)13-6-4-11(18)5-7-13/h4-7,14,19H,2-3,8-10H2,1H3,(H,20,22,24). The number of rotatable bonds is 6. The normalized spacial score (nSPS) is 17.0. The lowest BCUT2D eigenvalue weighted by molar-refractivity contribution is -0.131. The van der Waals surface area contributed by atoms with Gasteiger partial charge in [0.1, 0.15) is 6.04 Å². The molecule has 1 aliphatic heterocycles. The van der Waals surface area contributed by atoms with Crippen LogP contribution in [0.2, 0.25) is 5.02 Å². The zero-order chi connectivity index (χ0) is 17.7. The van der Waals surface area contributed by atoms with Crippen LogP contribution in [0.4, 0.5) is 5.69 Å². The first-order valence-electron chi connectivity index (χ1n) is 7.90. The Balaban J connectivity index is 2.04. The van der Waals surface area contributed by atoms with Crippen molar-refractivity contribution in [3.63, 3.8) is 0 Å². The van der Waals surface area contributed by atoms with Gasteiger partial charge in [0.25, 0.3) is 0 Å². The molecule has 1 atom stereocenters. The fraction of sp³-hybridized carbons (Fsp3) is 0.412. The molecule has 1 aliphatic rings. The highest BCUT2D eigenvalue weighted by atomic mass is 35.5. The third-order valence-electron chi connectivity index (χ3n) is 3.81. The Morgan fingerprint density at radius 3 is 2.62 bits per heavy atom. The Labute approximate surface area is 145 Å². The van der Waals surface area contributed by atoms with Crippen LogP contribution in [0.25, 0.3) is 0 Å². The Kier molecular flexibility index (Phi) is 6.09. The van der Waals surface area contributed by atoms with Gasteiger partial charge in [-0.1, -0.05) is 24.9 Å². The van der Waals surface area contributed by atoms with E-state index in [1.807, 2.05) is 6.92 Å². The van der Waals surface area contributed by atoms with Gasteiger partial charge >= 0.3 is 0 Å². The van der Waals surface area contributed by atoms with E-state index in [-0.39, 0.29) is 18.7 Å². The average molecular weight is 350 g/mol. The van der Waals surface area contributed by atoms with Crippen LogP contribution in [0.3, 0.4) is 0 Å². The van der Waals surface area contributed by atoms with Crippen LogP contribution in [0, 0.1) is 5.41 Å². The molecule has 1 aromatic rings. The van der Waals surface area contributed by atoms with Crippen LogP contribution >= 0.6 is 11.6 Å². The van der Waals surface area contributed by atoms with E-state index in [1.165, 1.54) is 4.90 Å². The van der Waals surface area contributed by atoms with Gasteiger partial charge < -0.3 is 5.41 Å². The predicted molar refractivity (Wildman–Crippen MR) is 92.4 cm³/mol. The van der Waals surface area contributed by atoms with Crippen molar-refractivity contribution < 1.29 is 14.4 Å². The highest BCUT2D eigenvalue weighted by molar-refractivity contribution is 6.30. The summed E-state index contributed by atoms with van der Waals surface area (Å²) in [5.41, 5.74) is 0.869. The Hall–Kier alpha value is -2.21. The quantitative estimate of drug-likeness (QED) is 0.773. The Morgan fingerprint density at radius 2 is 2.00 bits per heavy atom. The number of anilines is 1. The lowest BCUT2D eigenvalue weighted by atomic mass is 10.1. The Morgan fingerprint density at radius 1 is 1.33 bits per heavy atom. The van der Waals surface area contributed by atoms with Gasteiger partial charge in [0.2, 0.25) is 17.7 Å². The number of benzene rings is 1. The lowest BCUT2D eigenvalue weighted by Gasteiger charge is -2.24. The Bertz CT molecular complexity index is 658. The van der Waals surface area contributed by atoms with Crippen molar-refractivity contribution >= 4 is 40.7 Å². The second kappa shape index (κ2) is 8.06. The van der Waals surface area contributed by atoms with Gasteiger partial charge in [-0.15, -0.1) is 0 Å². The maximum Gasteiger partial charge on any atom is 0.249 e. The molecular formula is C17H20ClN3O3. The summed E-state index contributed by atoms with van der Waals surface area (Å²) >= 11 is 5.85. The number of carbonyl (C=O) groups excluding carboxylic acids is 3. The van der Waals surface area contributed by atoms with Crippen LogP contribution in [0.1, 0.15) is 39.0 Å². The third kappa shape index (κ3) is 4.41. The molecule has 1 fully saturated rings.